The molecule has 0 unspecified atom stereocenters. The lowest BCUT2D eigenvalue weighted by Crippen LogP contribution is -1.94. The van der Waals surface area contributed by atoms with Gasteiger partial charge < -0.3 is 9.63 Å². The third-order valence-corrected chi connectivity index (χ3v) is 1.78. The van der Waals surface area contributed by atoms with E-state index in [0.717, 1.165) is 5.56 Å². The number of carbonyl (C=O) groups is 1. The molecule has 0 aliphatic rings. The number of carboxylic acid groups (broad SMARTS) is 1. The summed E-state index contributed by atoms with van der Waals surface area (Å²) >= 11 is 0. The van der Waals surface area contributed by atoms with E-state index in [-0.39, 0.29) is 5.56 Å². The van der Waals surface area contributed by atoms with Crippen LogP contribution in [-0.2, 0) is 0 Å². The first-order valence-electron chi connectivity index (χ1n) is 3.88. The Labute approximate surface area is 79.0 Å². The molecule has 1 heterocycles. The van der Waals surface area contributed by atoms with Crippen LogP contribution >= 0.6 is 0 Å². The monoisotopic (exact) mass is 190 g/mol. The molecule has 0 aliphatic carbocycles. The molecular weight excluding hydrogens is 184 g/mol. The molecule has 70 valence electrons. The van der Waals surface area contributed by atoms with Crippen LogP contribution in [0.15, 0.2) is 35.0 Å². The molecule has 1 N–H and O–H groups in total. The van der Waals surface area contributed by atoms with Crippen molar-refractivity contribution >= 4 is 5.97 Å². The Kier molecular flexibility index (Phi) is 1.98. The normalized spacial score (nSPS) is 10.0. The number of rotatable bonds is 2. The van der Waals surface area contributed by atoms with Gasteiger partial charge in [0, 0.05) is 10.8 Å². The molecule has 0 atom stereocenters. The van der Waals surface area contributed by atoms with Crippen molar-refractivity contribution in [3.8, 4) is 11.3 Å². The second-order valence-corrected chi connectivity index (χ2v) is 2.66. The molecule has 2 aromatic rings. The molecular formula is C9H6N2O3. The maximum Gasteiger partial charge on any atom is 0.335 e. The molecule has 0 amide bonds. The predicted molar refractivity (Wildman–Crippen MR) is 46.7 cm³/mol. The third-order valence-electron chi connectivity index (χ3n) is 1.78. The minimum Gasteiger partial charge on any atom is -0.478 e. The number of carboxylic acids is 1. The van der Waals surface area contributed by atoms with Crippen LogP contribution in [0, 0.1) is 0 Å². The van der Waals surface area contributed by atoms with Crippen LogP contribution in [0.4, 0.5) is 0 Å². The third kappa shape index (κ3) is 1.47. The van der Waals surface area contributed by atoms with Crippen molar-refractivity contribution in [2.24, 2.45) is 0 Å². The number of hydrogen-bond acceptors (Lipinski definition) is 4. The van der Waals surface area contributed by atoms with E-state index in [9.17, 15) is 4.79 Å². The summed E-state index contributed by atoms with van der Waals surface area (Å²) in [4.78, 5) is 10.6. The number of aromatic nitrogens is 2. The Morgan fingerprint density at radius 3 is 2.50 bits per heavy atom. The number of nitrogens with zero attached hydrogens (tertiary/aromatic N) is 2. The molecule has 0 saturated carbocycles. The van der Waals surface area contributed by atoms with Crippen LogP contribution in [0.3, 0.4) is 0 Å². The van der Waals surface area contributed by atoms with Crippen LogP contribution in [0.1, 0.15) is 10.4 Å². The Bertz CT molecular complexity index is 434. The standard InChI is InChI=1S/C9H6N2O3/c12-9(13)7-3-1-6(2-4-7)8-5-10-11-14-8/h1-5H,(H,12,13). The van der Waals surface area contributed by atoms with Crippen molar-refractivity contribution in [3.05, 3.63) is 36.0 Å². The molecule has 0 fully saturated rings. The summed E-state index contributed by atoms with van der Waals surface area (Å²) < 4.78 is 4.81. The molecule has 5 heteroatoms. The second kappa shape index (κ2) is 3.29. The average molecular weight is 190 g/mol. The van der Waals surface area contributed by atoms with Gasteiger partial charge in [0.1, 0.15) is 0 Å². The predicted octanol–water partition coefficient (Wildman–Crippen LogP) is 1.43. The van der Waals surface area contributed by atoms with Crippen LogP contribution in [0.25, 0.3) is 11.3 Å². The van der Waals surface area contributed by atoms with Crippen molar-refractivity contribution in [1.82, 2.24) is 10.4 Å². The SMILES string of the molecule is O=C(O)c1ccc(-c2cnno2)cc1. The molecule has 0 saturated heterocycles. The first-order chi connectivity index (χ1) is 6.77. The van der Waals surface area contributed by atoms with Crippen molar-refractivity contribution < 1.29 is 14.4 Å². The van der Waals surface area contributed by atoms with Gasteiger partial charge in [0.25, 0.3) is 0 Å². The van der Waals surface area contributed by atoms with Gasteiger partial charge in [-0.2, -0.15) is 0 Å². The van der Waals surface area contributed by atoms with Gasteiger partial charge in [-0.15, -0.1) is 5.10 Å². The molecule has 1 aromatic carbocycles. The number of hydrogen-bond donors (Lipinski definition) is 1. The Balaban J connectivity index is 2.36. The fourth-order valence-electron chi connectivity index (χ4n) is 1.07. The minimum absolute atomic E-state index is 0.237. The summed E-state index contributed by atoms with van der Waals surface area (Å²) in [6.07, 6.45) is 1.47. The zero-order chi connectivity index (χ0) is 9.97. The van der Waals surface area contributed by atoms with Gasteiger partial charge in [0.15, 0.2) is 5.76 Å². The second-order valence-electron chi connectivity index (χ2n) is 2.66. The largest absolute Gasteiger partial charge is 0.478 e. The lowest BCUT2D eigenvalue weighted by atomic mass is 10.1. The summed E-state index contributed by atoms with van der Waals surface area (Å²) in [7, 11) is 0. The highest BCUT2D eigenvalue weighted by molar-refractivity contribution is 5.88. The van der Waals surface area contributed by atoms with Gasteiger partial charge in [-0.05, 0) is 12.1 Å². The molecule has 5 nitrogen and oxygen atoms in total. The van der Waals surface area contributed by atoms with Crippen LogP contribution in [0.5, 0.6) is 0 Å². The molecule has 0 radical (unpaired) electrons. The lowest BCUT2D eigenvalue weighted by Gasteiger charge is -1.95. The Hall–Kier alpha value is -2.17. The smallest absolute Gasteiger partial charge is 0.335 e. The fraction of sp³-hybridized carbons (Fsp3) is 0. The zero-order valence-corrected chi connectivity index (χ0v) is 7.04. The van der Waals surface area contributed by atoms with E-state index in [1.165, 1.54) is 18.3 Å². The summed E-state index contributed by atoms with van der Waals surface area (Å²) in [5.74, 6) is -0.436. The van der Waals surface area contributed by atoms with Crippen molar-refractivity contribution in [2.45, 2.75) is 0 Å². The number of aromatic carboxylic acids is 1. The summed E-state index contributed by atoms with van der Waals surface area (Å²) in [6, 6.07) is 6.29. The van der Waals surface area contributed by atoms with Crippen LogP contribution in [0.2, 0.25) is 0 Å². The highest BCUT2D eigenvalue weighted by Crippen LogP contribution is 2.17. The van der Waals surface area contributed by atoms with Gasteiger partial charge in [-0.3, -0.25) is 0 Å². The molecule has 0 spiro atoms. The van der Waals surface area contributed by atoms with Crippen molar-refractivity contribution in [1.29, 1.82) is 0 Å². The lowest BCUT2D eigenvalue weighted by molar-refractivity contribution is 0.0697. The van der Waals surface area contributed by atoms with E-state index in [2.05, 4.69) is 10.4 Å². The van der Waals surface area contributed by atoms with Gasteiger partial charge >= 0.3 is 5.97 Å². The first-order valence-corrected chi connectivity index (χ1v) is 3.88. The van der Waals surface area contributed by atoms with Gasteiger partial charge in [0.05, 0.1) is 11.8 Å². The quantitative estimate of drug-likeness (QED) is 0.775. The molecule has 0 bridgehead atoms. The molecule has 0 aliphatic heterocycles. The Morgan fingerprint density at radius 2 is 2.00 bits per heavy atom. The maximum atomic E-state index is 10.6. The van der Waals surface area contributed by atoms with Gasteiger partial charge in [0.2, 0.25) is 0 Å². The van der Waals surface area contributed by atoms with E-state index in [1.54, 1.807) is 12.1 Å². The van der Waals surface area contributed by atoms with E-state index in [4.69, 9.17) is 9.63 Å². The van der Waals surface area contributed by atoms with Crippen molar-refractivity contribution in [2.75, 3.05) is 0 Å². The maximum absolute atomic E-state index is 10.6. The molecule has 2 rings (SSSR count). The van der Waals surface area contributed by atoms with E-state index in [0.29, 0.717) is 5.76 Å². The van der Waals surface area contributed by atoms with Gasteiger partial charge in [-0.1, -0.05) is 12.1 Å². The highest BCUT2D eigenvalue weighted by Gasteiger charge is 2.05. The van der Waals surface area contributed by atoms with Crippen LogP contribution < -0.4 is 0 Å². The Morgan fingerprint density at radius 1 is 1.29 bits per heavy atom. The van der Waals surface area contributed by atoms with E-state index in [1.807, 2.05) is 0 Å². The summed E-state index contributed by atoms with van der Waals surface area (Å²) in [5, 5.41) is 15.5. The summed E-state index contributed by atoms with van der Waals surface area (Å²) in [6.45, 7) is 0. The molecule has 14 heavy (non-hydrogen) atoms. The highest BCUT2D eigenvalue weighted by atomic mass is 16.5. The summed E-state index contributed by atoms with van der Waals surface area (Å²) in [5.41, 5.74) is 0.987. The molecule has 1 aromatic heterocycles. The number of benzene rings is 1. The van der Waals surface area contributed by atoms with E-state index < -0.39 is 5.97 Å². The van der Waals surface area contributed by atoms with Gasteiger partial charge in [-0.25, -0.2) is 4.79 Å². The first kappa shape index (κ1) is 8.43. The zero-order valence-electron chi connectivity index (χ0n) is 7.04. The van der Waals surface area contributed by atoms with Crippen LogP contribution in [-0.4, -0.2) is 21.4 Å². The van der Waals surface area contributed by atoms with Crippen molar-refractivity contribution in [3.63, 3.8) is 0 Å². The minimum atomic E-state index is -0.952. The topological polar surface area (TPSA) is 76.2 Å². The fourth-order valence-corrected chi connectivity index (χ4v) is 1.07. The van der Waals surface area contributed by atoms with E-state index >= 15 is 0 Å². The average Bonchev–Trinajstić information content (AvgIpc) is 2.71.